The summed E-state index contributed by atoms with van der Waals surface area (Å²) in [7, 11) is 0. The summed E-state index contributed by atoms with van der Waals surface area (Å²) in [6.45, 7) is 1.96. The molecule has 3 aromatic carbocycles. The SMILES string of the molecule is Cc1cccc(NC2=C(c3ccccc3)C(=O)N(c3cc(Cl)cc(Cl)c3)C2=O)c1. The van der Waals surface area contributed by atoms with E-state index in [1.54, 1.807) is 30.3 Å². The van der Waals surface area contributed by atoms with Gasteiger partial charge >= 0.3 is 0 Å². The van der Waals surface area contributed by atoms with E-state index in [4.69, 9.17) is 23.2 Å². The number of halogens is 2. The number of nitrogens with zero attached hydrogens (tertiary/aromatic N) is 1. The van der Waals surface area contributed by atoms with E-state index in [0.29, 0.717) is 26.9 Å². The summed E-state index contributed by atoms with van der Waals surface area (Å²) in [6, 6.07) is 21.3. The van der Waals surface area contributed by atoms with Gasteiger partial charge in [-0.2, -0.15) is 0 Å². The molecule has 0 aromatic heterocycles. The van der Waals surface area contributed by atoms with E-state index in [-0.39, 0.29) is 5.70 Å². The van der Waals surface area contributed by atoms with Gasteiger partial charge in [-0.3, -0.25) is 9.59 Å². The molecule has 0 saturated heterocycles. The number of benzene rings is 3. The van der Waals surface area contributed by atoms with Crippen LogP contribution in [0.2, 0.25) is 10.0 Å². The second kappa shape index (κ2) is 7.74. The zero-order valence-corrected chi connectivity index (χ0v) is 17.0. The Hall–Kier alpha value is -3.08. The number of nitrogens with one attached hydrogen (secondary N) is 1. The predicted molar refractivity (Wildman–Crippen MR) is 117 cm³/mol. The number of rotatable bonds is 4. The maximum Gasteiger partial charge on any atom is 0.282 e. The van der Waals surface area contributed by atoms with E-state index in [0.717, 1.165) is 16.2 Å². The van der Waals surface area contributed by atoms with Crippen molar-refractivity contribution in [2.45, 2.75) is 6.92 Å². The van der Waals surface area contributed by atoms with Gasteiger partial charge < -0.3 is 5.32 Å². The third-order valence-electron chi connectivity index (χ3n) is 4.54. The first-order chi connectivity index (χ1) is 13.9. The molecule has 0 fully saturated rings. The Kier molecular flexibility index (Phi) is 5.14. The van der Waals surface area contributed by atoms with E-state index in [1.807, 2.05) is 49.4 Å². The second-order valence-corrected chi connectivity index (χ2v) is 7.56. The monoisotopic (exact) mass is 422 g/mol. The van der Waals surface area contributed by atoms with Gasteiger partial charge in [-0.1, -0.05) is 65.7 Å². The van der Waals surface area contributed by atoms with Crippen LogP contribution in [0.5, 0.6) is 0 Å². The van der Waals surface area contributed by atoms with Crippen LogP contribution < -0.4 is 10.2 Å². The number of aryl methyl sites for hydroxylation is 1. The summed E-state index contributed by atoms with van der Waals surface area (Å²) >= 11 is 12.2. The minimum Gasteiger partial charge on any atom is -0.350 e. The van der Waals surface area contributed by atoms with Crippen molar-refractivity contribution in [3.63, 3.8) is 0 Å². The highest BCUT2D eigenvalue weighted by Crippen LogP contribution is 2.35. The van der Waals surface area contributed by atoms with E-state index in [2.05, 4.69) is 5.32 Å². The molecule has 1 aliphatic rings. The molecule has 1 N–H and O–H groups in total. The topological polar surface area (TPSA) is 49.4 Å². The lowest BCUT2D eigenvalue weighted by Gasteiger charge is -2.16. The molecule has 0 saturated carbocycles. The Morgan fingerprint density at radius 1 is 0.793 bits per heavy atom. The number of anilines is 2. The van der Waals surface area contributed by atoms with Gasteiger partial charge in [0.15, 0.2) is 0 Å². The molecule has 144 valence electrons. The van der Waals surface area contributed by atoms with Crippen molar-refractivity contribution in [3.8, 4) is 0 Å². The number of hydrogen-bond donors (Lipinski definition) is 1. The highest BCUT2D eigenvalue weighted by Gasteiger charge is 2.40. The molecular formula is C23H16Cl2N2O2. The van der Waals surface area contributed by atoms with Crippen molar-refractivity contribution in [2.75, 3.05) is 10.2 Å². The molecule has 1 heterocycles. The van der Waals surface area contributed by atoms with Crippen LogP contribution in [0, 0.1) is 6.92 Å². The van der Waals surface area contributed by atoms with Crippen LogP contribution in [0.25, 0.3) is 5.57 Å². The maximum absolute atomic E-state index is 13.3. The Balaban J connectivity index is 1.84. The largest absolute Gasteiger partial charge is 0.350 e. The number of carbonyl (C=O) groups excluding carboxylic acids is 2. The summed E-state index contributed by atoms with van der Waals surface area (Å²) in [6.07, 6.45) is 0. The first-order valence-corrected chi connectivity index (χ1v) is 9.68. The minimum absolute atomic E-state index is 0.211. The van der Waals surface area contributed by atoms with Gasteiger partial charge in [0.2, 0.25) is 0 Å². The van der Waals surface area contributed by atoms with Crippen LogP contribution in [0.15, 0.2) is 78.5 Å². The van der Waals surface area contributed by atoms with Gasteiger partial charge in [0.05, 0.1) is 11.3 Å². The molecule has 3 aromatic rings. The Bertz CT molecular complexity index is 1140. The third-order valence-corrected chi connectivity index (χ3v) is 4.98. The fourth-order valence-electron chi connectivity index (χ4n) is 3.29. The average molecular weight is 423 g/mol. The van der Waals surface area contributed by atoms with Crippen LogP contribution in [0.4, 0.5) is 11.4 Å². The first kappa shape index (κ1) is 19.2. The summed E-state index contributed by atoms with van der Waals surface area (Å²) in [5, 5.41) is 3.83. The third kappa shape index (κ3) is 3.77. The van der Waals surface area contributed by atoms with Crippen molar-refractivity contribution in [1.29, 1.82) is 0 Å². The summed E-state index contributed by atoms with van der Waals surface area (Å²) in [5.41, 5.74) is 3.24. The van der Waals surface area contributed by atoms with Gasteiger partial charge in [0.1, 0.15) is 5.70 Å². The van der Waals surface area contributed by atoms with Gasteiger partial charge in [-0.05, 0) is 48.4 Å². The maximum atomic E-state index is 13.3. The van der Waals surface area contributed by atoms with E-state index < -0.39 is 11.8 Å². The molecular weight excluding hydrogens is 407 g/mol. The van der Waals surface area contributed by atoms with Crippen molar-refractivity contribution in [2.24, 2.45) is 0 Å². The average Bonchev–Trinajstić information content (AvgIpc) is 2.91. The van der Waals surface area contributed by atoms with Crippen LogP contribution in [0.1, 0.15) is 11.1 Å². The van der Waals surface area contributed by atoms with Crippen LogP contribution in [-0.2, 0) is 9.59 Å². The van der Waals surface area contributed by atoms with Crippen LogP contribution in [-0.4, -0.2) is 11.8 Å². The number of hydrogen-bond acceptors (Lipinski definition) is 3. The highest BCUT2D eigenvalue weighted by molar-refractivity contribution is 6.46. The zero-order chi connectivity index (χ0) is 20.5. The van der Waals surface area contributed by atoms with Gasteiger partial charge in [-0.25, -0.2) is 4.90 Å². The molecule has 0 atom stereocenters. The molecule has 0 unspecified atom stereocenters. The van der Waals surface area contributed by atoms with Crippen LogP contribution in [0.3, 0.4) is 0 Å². The molecule has 0 bridgehead atoms. The van der Waals surface area contributed by atoms with E-state index in [9.17, 15) is 9.59 Å². The minimum atomic E-state index is -0.464. The highest BCUT2D eigenvalue weighted by atomic mass is 35.5. The number of amides is 2. The first-order valence-electron chi connectivity index (χ1n) is 8.92. The standard InChI is InChI=1S/C23H16Cl2N2O2/c1-14-6-5-9-18(10-14)26-21-20(15-7-3-2-4-8-15)22(28)27(23(21)29)19-12-16(24)11-17(25)13-19/h2-13,26H,1H3. The summed E-state index contributed by atoms with van der Waals surface area (Å²) in [5.74, 6) is -0.900. The Labute approximate surface area is 178 Å². The molecule has 0 radical (unpaired) electrons. The van der Waals surface area contributed by atoms with Gasteiger partial charge in [-0.15, -0.1) is 0 Å². The molecule has 0 spiro atoms. The lowest BCUT2D eigenvalue weighted by atomic mass is 10.0. The number of carbonyl (C=O) groups is 2. The molecule has 6 heteroatoms. The fourth-order valence-corrected chi connectivity index (χ4v) is 3.80. The van der Waals surface area contributed by atoms with Crippen molar-refractivity contribution >= 4 is 52.0 Å². The molecule has 4 nitrogen and oxygen atoms in total. The van der Waals surface area contributed by atoms with E-state index in [1.165, 1.54) is 0 Å². The molecule has 4 rings (SSSR count). The Morgan fingerprint density at radius 3 is 2.14 bits per heavy atom. The van der Waals surface area contributed by atoms with Crippen molar-refractivity contribution in [3.05, 3.63) is 99.7 Å². The lowest BCUT2D eigenvalue weighted by Crippen LogP contribution is -2.32. The Morgan fingerprint density at radius 2 is 1.48 bits per heavy atom. The molecule has 29 heavy (non-hydrogen) atoms. The summed E-state index contributed by atoms with van der Waals surface area (Å²) in [4.78, 5) is 27.7. The fraction of sp³-hybridized carbons (Fsp3) is 0.0435. The quantitative estimate of drug-likeness (QED) is 0.548. The molecule has 1 aliphatic heterocycles. The van der Waals surface area contributed by atoms with Crippen molar-refractivity contribution < 1.29 is 9.59 Å². The predicted octanol–water partition coefficient (Wildman–Crippen LogP) is 5.70. The molecule has 0 aliphatic carbocycles. The van der Waals surface area contributed by atoms with Gasteiger partial charge in [0.25, 0.3) is 11.8 Å². The zero-order valence-electron chi connectivity index (χ0n) is 15.4. The normalized spacial score (nSPS) is 14.0. The lowest BCUT2D eigenvalue weighted by molar-refractivity contribution is -0.120. The van der Waals surface area contributed by atoms with Crippen molar-refractivity contribution in [1.82, 2.24) is 0 Å². The van der Waals surface area contributed by atoms with E-state index >= 15 is 0 Å². The number of imide groups is 1. The van der Waals surface area contributed by atoms with Crippen LogP contribution >= 0.6 is 23.2 Å². The summed E-state index contributed by atoms with van der Waals surface area (Å²) < 4.78 is 0. The molecule has 2 amide bonds. The van der Waals surface area contributed by atoms with Gasteiger partial charge in [0, 0.05) is 15.7 Å². The smallest absolute Gasteiger partial charge is 0.282 e. The second-order valence-electron chi connectivity index (χ2n) is 6.68.